The number of rotatable bonds is 2. The van der Waals surface area contributed by atoms with E-state index in [4.69, 9.17) is 9.47 Å². The van der Waals surface area contributed by atoms with Crippen LogP contribution in [-0.2, 0) is 0 Å². The molecule has 0 atom stereocenters. The lowest BCUT2D eigenvalue weighted by molar-refractivity contribution is 0.102. The molecule has 1 aliphatic rings. The van der Waals surface area contributed by atoms with Crippen LogP contribution in [-0.4, -0.2) is 19.0 Å². The Hall–Kier alpha value is -2.43. The van der Waals surface area contributed by atoms with Crippen LogP contribution < -0.4 is 9.47 Å². The smallest absolute Gasteiger partial charge is 0.199 e. The van der Waals surface area contributed by atoms with Gasteiger partial charge in [0.1, 0.15) is 24.8 Å². The van der Waals surface area contributed by atoms with E-state index >= 15 is 0 Å². The van der Waals surface area contributed by atoms with Crippen LogP contribution in [0, 0.1) is 11.6 Å². The highest BCUT2D eigenvalue weighted by molar-refractivity contribution is 6.11. The summed E-state index contributed by atoms with van der Waals surface area (Å²) in [7, 11) is 0. The van der Waals surface area contributed by atoms with E-state index in [1.54, 1.807) is 12.1 Å². The van der Waals surface area contributed by atoms with Crippen LogP contribution in [0.15, 0.2) is 36.4 Å². The van der Waals surface area contributed by atoms with Crippen molar-refractivity contribution in [3.63, 3.8) is 0 Å². The molecular weight excluding hydrogens is 266 g/mol. The molecule has 0 aliphatic carbocycles. The van der Waals surface area contributed by atoms with E-state index < -0.39 is 17.4 Å². The van der Waals surface area contributed by atoms with Gasteiger partial charge in [0.25, 0.3) is 0 Å². The van der Waals surface area contributed by atoms with Crippen molar-refractivity contribution < 1.29 is 23.0 Å². The molecule has 5 heteroatoms. The zero-order valence-electron chi connectivity index (χ0n) is 10.4. The summed E-state index contributed by atoms with van der Waals surface area (Å²) in [6.45, 7) is 0.721. The predicted octanol–water partition coefficient (Wildman–Crippen LogP) is 2.97. The van der Waals surface area contributed by atoms with Gasteiger partial charge in [0.15, 0.2) is 17.3 Å². The van der Waals surface area contributed by atoms with E-state index in [1.165, 1.54) is 6.07 Å². The van der Waals surface area contributed by atoms with Gasteiger partial charge >= 0.3 is 0 Å². The number of halogens is 2. The van der Waals surface area contributed by atoms with Crippen molar-refractivity contribution in [3.8, 4) is 11.5 Å². The summed E-state index contributed by atoms with van der Waals surface area (Å²) < 4.78 is 37.4. The van der Waals surface area contributed by atoms with E-state index in [1.807, 2.05) is 0 Å². The third-order valence-electron chi connectivity index (χ3n) is 2.99. The van der Waals surface area contributed by atoms with E-state index in [0.717, 1.165) is 12.1 Å². The summed E-state index contributed by atoms with van der Waals surface area (Å²) in [5.74, 6) is -1.44. The van der Waals surface area contributed by atoms with Gasteiger partial charge in [-0.05, 0) is 24.3 Å². The first-order valence-electron chi connectivity index (χ1n) is 6.05. The maximum Gasteiger partial charge on any atom is 0.199 e. The molecule has 2 aromatic rings. The zero-order valence-corrected chi connectivity index (χ0v) is 10.4. The highest BCUT2D eigenvalue weighted by Crippen LogP contribution is 2.35. The highest BCUT2D eigenvalue weighted by Gasteiger charge is 2.23. The minimum Gasteiger partial charge on any atom is -0.486 e. The lowest BCUT2D eigenvalue weighted by Gasteiger charge is -2.20. The molecule has 0 bridgehead atoms. The summed E-state index contributed by atoms with van der Waals surface area (Å²) in [4.78, 5) is 12.4. The van der Waals surface area contributed by atoms with E-state index in [-0.39, 0.29) is 11.1 Å². The van der Waals surface area contributed by atoms with Crippen LogP contribution in [0.4, 0.5) is 8.78 Å². The molecule has 0 spiro atoms. The van der Waals surface area contributed by atoms with Crippen molar-refractivity contribution in [3.05, 3.63) is 59.2 Å². The molecule has 1 heterocycles. The molecule has 20 heavy (non-hydrogen) atoms. The Morgan fingerprint density at radius 3 is 2.60 bits per heavy atom. The molecular formula is C15H10F2O3. The maximum absolute atomic E-state index is 13.7. The van der Waals surface area contributed by atoms with Gasteiger partial charge in [-0.1, -0.05) is 6.07 Å². The predicted molar refractivity (Wildman–Crippen MR) is 67.2 cm³/mol. The topological polar surface area (TPSA) is 35.5 Å². The fourth-order valence-electron chi connectivity index (χ4n) is 2.07. The van der Waals surface area contributed by atoms with E-state index in [9.17, 15) is 13.6 Å². The second-order valence-corrected chi connectivity index (χ2v) is 4.28. The van der Waals surface area contributed by atoms with Crippen molar-refractivity contribution in [1.29, 1.82) is 0 Å². The van der Waals surface area contributed by atoms with Crippen molar-refractivity contribution in [2.75, 3.05) is 13.2 Å². The summed E-state index contributed by atoms with van der Waals surface area (Å²) in [6, 6.07) is 7.67. The van der Waals surface area contributed by atoms with Crippen molar-refractivity contribution in [1.82, 2.24) is 0 Å². The Morgan fingerprint density at radius 2 is 1.80 bits per heavy atom. The number of hydrogen-bond acceptors (Lipinski definition) is 3. The molecule has 102 valence electrons. The Morgan fingerprint density at radius 1 is 1.00 bits per heavy atom. The number of fused-ring (bicyclic) bond motifs is 1. The average molecular weight is 276 g/mol. The van der Waals surface area contributed by atoms with Crippen LogP contribution in [0.2, 0.25) is 0 Å². The van der Waals surface area contributed by atoms with Gasteiger partial charge < -0.3 is 9.47 Å². The molecule has 1 aliphatic heterocycles. The SMILES string of the molecule is O=C(c1ccc(F)cc1F)c1cccc2c1OCCO2. The normalized spacial score (nSPS) is 13.1. The number of para-hydroxylation sites is 1. The molecule has 0 unspecified atom stereocenters. The fourth-order valence-corrected chi connectivity index (χ4v) is 2.07. The molecule has 2 aromatic carbocycles. The van der Waals surface area contributed by atoms with Crippen molar-refractivity contribution >= 4 is 5.78 Å². The maximum atomic E-state index is 13.7. The van der Waals surface area contributed by atoms with Crippen molar-refractivity contribution in [2.24, 2.45) is 0 Å². The monoisotopic (exact) mass is 276 g/mol. The average Bonchev–Trinajstić information content (AvgIpc) is 2.46. The minimum atomic E-state index is -0.899. The first-order valence-corrected chi connectivity index (χ1v) is 6.05. The van der Waals surface area contributed by atoms with Gasteiger partial charge in [0.2, 0.25) is 0 Å². The Bertz CT molecular complexity index is 683. The Balaban J connectivity index is 2.07. The summed E-state index contributed by atoms with van der Waals surface area (Å²) >= 11 is 0. The van der Waals surface area contributed by atoms with Crippen LogP contribution in [0.1, 0.15) is 15.9 Å². The van der Waals surface area contributed by atoms with Gasteiger partial charge in [-0.3, -0.25) is 4.79 Å². The number of carbonyl (C=O) groups is 1. The Labute approximate surface area is 113 Å². The first kappa shape index (κ1) is 12.6. The molecule has 0 amide bonds. The molecule has 0 N–H and O–H groups in total. The molecule has 0 saturated carbocycles. The van der Waals surface area contributed by atoms with Crippen LogP contribution in [0.3, 0.4) is 0 Å². The summed E-state index contributed by atoms with van der Waals surface area (Å²) in [5, 5.41) is 0. The van der Waals surface area contributed by atoms with Gasteiger partial charge in [-0.25, -0.2) is 8.78 Å². The second-order valence-electron chi connectivity index (χ2n) is 4.28. The summed E-state index contributed by atoms with van der Waals surface area (Å²) in [6.07, 6.45) is 0. The fraction of sp³-hybridized carbons (Fsp3) is 0.133. The molecule has 0 aromatic heterocycles. The largest absolute Gasteiger partial charge is 0.486 e. The molecule has 0 fully saturated rings. The van der Waals surface area contributed by atoms with Crippen molar-refractivity contribution in [2.45, 2.75) is 0 Å². The van der Waals surface area contributed by atoms with Gasteiger partial charge in [-0.2, -0.15) is 0 Å². The standard InChI is InChI=1S/C15H10F2O3/c16-9-4-5-10(12(17)8-9)14(18)11-2-1-3-13-15(11)20-7-6-19-13/h1-5,8H,6-7H2. The Kier molecular flexibility index (Phi) is 3.10. The number of carbonyl (C=O) groups excluding carboxylic acids is 1. The van der Waals surface area contributed by atoms with Gasteiger partial charge in [-0.15, -0.1) is 0 Å². The summed E-state index contributed by atoms with van der Waals surface area (Å²) in [5.41, 5.74) is 0.00156. The number of hydrogen-bond donors (Lipinski definition) is 0. The lowest BCUT2D eigenvalue weighted by Crippen LogP contribution is -2.18. The second kappa shape index (κ2) is 4.92. The quantitative estimate of drug-likeness (QED) is 0.791. The van der Waals surface area contributed by atoms with Crippen LogP contribution >= 0.6 is 0 Å². The van der Waals surface area contributed by atoms with Crippen LogP contribution in [0.25, 0.3) is 0 Å². The van der Waals surface area contributed by atoms with Crippen LogP contribution in [0.5, 0.6) is 11.5 Å². The molecule has 0 saturated heterocycles. The molecule has 3 nitrogen and oxygen atoms in total. The van der Waals surface area contributed by atoms with Gasteiger partial charge in [0, 0.05) is 6.07 Å². The zero-order chi connectivity index (χ0) is 14.1. The molecule has 0 radical (unpaired) electrons. The van der Waals surface area contributed by atoms with Gasteiger partial charge in [0.05, 0.1) is 11.1 Å². The minimum absolute atomic E-state index is 0.200. The number of ether oxygens (including phenoxy) is 2. The van der Waals surface area contributed by atoms with E-state index in [0.29, 0.717) is 30.8 Å². The molecule has 3 rings (SSSR count). The first-order chi connectivity index (χ1) is 9.66. The van der Waals surface area contributed by atoms with E-state index in [2.05, 4.69) is 0 Å². The number of ketones is 1. The lowest BCUT2D eigenvalue weighted by atomic mass is 10.0. The third-order valence-corrected chi connectivity index (χ3v) is 2.99. The highest BCUT2D eigenvalue weighted by atomic mass is 19.1. The number of benzene rings is 2. The third kappa shape index (κ3) is 2.11.